The van der Waals surface area contributed by atoms with Gasteiger partial charge < -0.3 is 15.4 Å². The second-order valence-corrected chi connectivity index (χ2v) is 7.98. The first kappa shape index (κ1) is 17.2. The lowest BCUT2D eigenvalue weighted by Crippen LogP contribution is -2.40. The fourth-order valence-corrected chi connectivity index (χ4v) is 3.24. The van der Waals surface area contributed by atoms with E-state index in [1.54, 1.807) is 24.3 Å². The molecule has 0 spiro atoms. The monoisotopic (exact) mass is 342 g/mol. The topological polar surface area (TPSA) is 67.4 Å². The highest BCUT2D eigenvalue weighted by atomic mass is 32.2. The van der Waals surface area contributed by atoms with Gasteiger partial charge >= 0.3 is 0 Å². The van der Waals surface area contributed by atoms with Crippen LogP contribution in [0.4, 0.5) is 0 Å². The third kappa shape index (κ3) is 4.93. The maximum Gasteiger partial charge on any atom is 0.175 e. The van der Waals surface area contributed by atoms with Crippen LogP contribution in [0.15, 0.2) is 29.2 Å². The molecule has 1 saturated heterocycles. The van der Waals surface area contributed by atoms with Gasteiger partial charge in [0.05, 0.1) is 17.0 Å². The first-order valence-electron chi connectivity index (χ1n) is 7.32. The van der Waals surface area contributed by atoms with Crippen LogP contribution in [0.3, 0.4) is 0 Å². The number of sulfone groups is 1. The van der Waals surface area contributed by atoms with Gasteiger partial charge in [-0.05, 0) is 49.7 Å². The Kier molecular flexibility index (Phi) is 5.77. The lowest BCUT2D eigenvalue weighted by atomic mass is 10.1. The van der Waals surface area contributed by atoms with Crippen molar-refractivity contribution in [3.63, 3.8) is 0 Å². The third-order valence-corrected chi connectivity index (χ3v) is 5.06. The quantitative estimate of drug-likeness (QED) is 0.796. The van der Waals surface area contributed by atoms with Crippen molar-refractivity contribution in [1.29, 1.82) is 0 Å². The van der Waals surface area contributed by atoms with Gasteiger partial charge in [-0.25, -0.2) is 8.42 Å². The minimum Gasteiger partial charge on any atom is -0.376 e. The molecule has 1 aliphatic heterocycles. The lowest BCUT2D eigenvalue weighted by Gasteiger charge is -2.19. The molecule has 1 aromatic carbocycles. The zero-order valence-corrected chi connectivity index (χ0v) is 14.5. The third-order valence-electron chi connectivity index (χ3n) is 3.67. The van der Waals surface area contributed by atoms with Crippen LogP contribution in [0, 0.1) is 0 Å². The highest BCUT2D eigenvalue weighted by Gasteiger charge is 2.16. The smallest absolute Gasteiger partial charge is 0.175 e. The highest BCUT2D eigenvalue weighted by molar-refractivity contribution is 7.90. The van der Waals surface area contributed by atoms with E-state index >= 15 is 0 Å². The first-order chi connectivity index (χ1) is 10.4. The van der Waals surface area contributed by atoms with E-state index in [4.69, 9.17) is 17.0 Å². The molecule has 0 aromatic heterocycles. The van der Waals surface area contributed by atoms with Gasteiger partial charge in [-0.1, -0.05) is 12.1 Å². The molecular formula is C15H22N2O3S2. The Labute approximate surface area is 137 Å². The van der Waals surface area contributed by atoms with Gasteiger partial charge in [0.25, 0.3) is 0 Å². The second kappa shape index (κ2) is 7.39. The average molecular weight is 342 g/mol. The Hall–Kier alpha value is -1.18. The molecule has 1 heterocycles. The van der Waals surface area contributed by atoms with Crippen molar-refractivity contribution in [3.8, 4) is 0 Å². The second-order valence-electron chi connectivity index (χ2n) is 5.55. The molecule has 2 N–H and O–H groups in total. The van der Waals surface area contributed by atoms with Crippen LogP contribution in [0.2, 0.25) is 0 Å². The molecule has 122 valence electrons. The summed E-state index contributed by atoms with van der Waals surface area (Å²) in [5.41, 5.74) is 0.980. The summed E-state index contributed by atoms with van der Waals surface area (Å²) in [4.78, 5) is 0.322. The molecule has 0 amide bonds. The van der Waals surface area contributed by atoms with E-state index in [-0.39, 0.29) is 12.1 Å². The van der Waals surface area contributed by atoms with Crippen LogP contribution in [0.25, 0.3) is 0 Å². The van der Waals surface area contributed by atoms with E-state index in [0.717, 1.165) is 25.0 Å². The summed E-state index contributed by atoms with van der Waals surface area (Å²) in [6.07, 6.45) is 3.62. The number of ether oxygens (including phenoxy) is 1. The summed E-state index contributed by atoms with van der Waals surface area (Å²) in [7, 11) is -3.16. The number of nitrogens with one attached hydrogen (secondary N) is 2. The summed E-state index contributed by atoms with van der Waals surface area (Å²) in [6.45, 7) is 3.52. The molecular weight excluding hydrogens is 320 g/mol. The Bertz CT molecular complexity index is 608. The summed E-state index contributed by atoms with van der Waals surface area (Å²) in [5, 5.41) is 6.93. The Morgan fingerprint density at radius 3 is 2.64 bits per heavy atom. The standard InChI is InChI=1S/C15H22N2O3S2/c1-11(12-5-7-14(8-6-12)22(2,18)19)17-15(21)16-10-13-4-3-9-20-13/h5-8,11,13H,3-4,9-10H2,1-2H3,(H2,16,17,21)/t11-,13+/m0/s1. The van der Waals surface area contributed by atoms with Gasteiger partial charge in [0.15, 0.2) is 14.9 Å². The van der Waals surface area contributed by atoms with Crippen molar-refractivity contribution in [3.05, 3.63) is 29.8 Å². The zero-order chi connectivity index (χ0) is 16.2. The number of benzene rings is 1. The minimum atomic E-state index is -3.16. The molecule has 0 aliphatic carbocycles. The van der Waals surface area contributed by atoms with Crippen molar-refractivity contribution >= 4 is 27.2 Å². The van der Waals surface area contributed by atoms with Gasteiger partial charge in [0, 0.05) is 19.4 Å². The predicted molar refractivity (Wildman–Crippen MR) is 90.7 cm³/mol. The van der Waals surface area contributed by atoms with Gasteiger partial charge in [-0.15, -0.1) is 0 Å². The largest absolute Gasteiger partial charge is 0.376 e. The normalized spacial score (nSPS) is 19.6. The van der Waals surface area contributed by atoms with E-state index in [9.17, 15) is 8.42 Å². The molecule has 0 radical (unpaired) electrons. The van der Waals surface area contributed by atoms with Crippen LogP contribution >= 0.6 is 12.2 Å². The molecule has 0 bridgehead atoms. The predicted octanol–water partition coefficient (Wildman–Crippen LogP) is 1.79. The summed E-state index contributed by atoms with van der Waals surface area (Å²) in [5.74, 6) is 0. The average Bonchev–Trinajstić information content (AvgIpc) is 2.97. The molecule has 1 aliphatic rings. The summed E-state index contributed by atoms with van der Waals surface area (Å²) >= 11 is 5.28. The minimum absolute atomic E-state index is 0.00175. The summed E-state index contributed by atoms with van der Waals surface area (Å²) in [6, 6.07) is 6.84. The Balaban J connectivity index is 1.85. The van der Waals surface area contributed by atoms with Crippen molar-refractivity contribution in [1.82, 2.24) is 10.6 Å². The van der Waals surface area contributed by atoms with Crippen LogP contribution in [0.1, 0.15) is 31.4 Å². The lowest BCUT2D eigenvalue weighted by molar-refractivity contribution is 0.114. The molecule has 0 saturated carbocycles. The van der Waals surface area contributed by atoms with E-state index in [1.165, 1.54) is 6.26 Å². The molecule has 5 nitrogen and oxygen atoms in total. The molecule has 7 heteroatoms. The van der Waals surface area contributed by atoms with Crippen molar-refractivity contribution in [2.45, 2.75) is 36.8 Å². The van der Waals surface area contributed by atoms with Crippen molar-refractivity contribution in [2.75, 3.05) is 19.4 Å². The number of thiocarbonyl (C=S) groups is 1. The van der Waals surface area contributed by atoms with Gasteiger partial charge in [0.2, 0.25) is 0 Å². The van der Waals surface area contributed by atoms with E-state index < -0.39 is 9.84 Å². The fourth-order valence-electron chi connectivity index (χ4n) is 2.35. The summed E-state index contributed by atoms with van der Waals surface area (Å²) < 4.78 is 28.4. The zero-order valence-electron chi connectivity index (χ0n) is 12.8. The molecule has 2 atom stereocenters. The van der Waals surface area contributed by atoms with Crippen LogP contribution < -0.4 is 10.6 Å². The number of hydrogen-bond donors (Lipinski definition) is 2. The number of rotatable bonds is 5. The molecule has 1 fully saturated rings. The van der Waals surface area contributed by atoms with Crippen LogP contribution in [-0.4, -0.2) is 39.0 Å². The van der Waals surface area contributed by atoms with Gasteiger partial charge in [-0.3, -0.25) is 0 Å². The molecule has 1 aromatic rings. The Morgan fingerprint density at radius 2 is 2.09 bits per heavy atom. The highest BCUT2D eigenvalue weighted by Crippen LogP contribution is 2.16. The Morgan fingerprint density at radius 1 is 1.41 bits per heavy atom. The number of hydrogen-bond acceptors (Lipinski definition) is 4. The fraction of sp³-hybridized carbons (Fsp3) is 0.533. The van der Waals surface area contributed by atoms with Crippen molar-refractivity contribution in [2.24, 2.45) is 0 Å². The van der Waals surface area contributed by atoms with Gasteiger partial charge in [0.1, 0.15) is 0 Å². The molecule has 2 rings (SSSR count). The maximum absolute atomic E-state index is 11.4. The molecule has 0 unspecified atom stereocenters. The van der Waals surface area contributed by atoms with Gasteiger partial charge in [-0.2, -0.15) is 0 Å². The van der Waals surface area contributed by atoms with Crippen LogP contribution in [-0.2, 0) is 14.6 Å². The maximum atomic E-state index is 11.4. The van der Waals surface area contributed by atoms with E-state index in [0.29, 0.717) is 16.6 Å². The van der Waals surface area contributed by atoms with E-state index in [1.807, 2.05) is 6.92 Å². The van der Waals surface area contributed by atoms with Crippen LogP contribution in [0.5, 0.6) is 0 Å². The van der Waals surface area contributed by atoms with E-state index in [2.05, 4.69) is 10.6 Å². The molecule has 22 heavy (non-hydrogen) atoms. The first-order valence-corrected chi connectivity index (χ1v) is 9.62. The SMILES string of the molecule is C[C@H](NC(=S)NC[C@H]1CCCO1)c1ccc(S(C)(=O)=O)cc1. The van der Waals surface area contributed by atoms with Crippen molar-refractivity contribution < 1.29 is 13.2 Å².